The standard InChI is InChI=1S/C33H39NO4/c1-6-19-34(25-13-15-26(37-5)16-14-25)28(35)21-29(36)38-31-27-17-18-33(4,32(27,2)3)30(31)24-12-11-22-9-7-8-10-23(22)20-24/h7-16,20,27,30-31H,6,17-19,21H2,1-5H3/t27-,30-,31-,33+/m0/s1. The lowest BCUT2D eigenvalue weighted by Crippen LogP contribution is -2.37. The number of hydrogen-bond donors (Lipinski definition) is 0. The maximum atomic E-state index is 13.3. The molecule has 5 heteroatoms. The summed E-state index contributed by atoms with van der Waals surface area (Å²) in [5.74, 6) is 0.402. The monoisotopic (exact) mass is 513 g/mol. The molecular weight excluding hydrogens is 474 g/mol. The van der Waals surface area contributed by atoms with Gasteiger partial charge in [-0.05, 0) is 70.7 Å². The van der Waals surface area contributed by atoms with E-state index >= 15 is 0 Å². The van der Waals surface area contributed by atoms with Crippen molar-refractivity contribution in [3.8, 4) is 5.75 Å². The van der Waals surface area contributed by atoms with Gasteiger partial charge in [-0.2, -0.15) is 0 Å². The van der Waals surface area contributed by atoms with E-state index < -0.39 is 5.97 Å². The van der Waals surface area contributed by atoms with Gasteiger partial charge >= 0.3 is 5.97 Å². The molecule has 5 rings (SSSR count). The zero-order valence-electron chi connectivity index (χ0n) is 23.2. The SMILES string of the molecule is CCCN(C(=O)CC(=O)O[C@H]1[C@@H]2CC[C@](C)([C@H]1c1ccc3ccccc3c1)C2(C)C)c1ccc(OC)cc1. The molecule has 5 nitrogen and oxygen atoms in total. The van der Waals surface area contributed by atoms with Gasteiger partial charge in [0.15, 0.2) is 0 Å². The number of ether oxygens (including phenoxy) is 2. The highest BCUT2D eigenvalue weighted by Gasteiger charge is 2.67. The highest BCUT2D eigenvalue weighted by Crippen LogP contribution is 2.71. The van der Waals surface area contributed by atoms with Crippen LogP contribution in [0.4, 0.5) is 5.69 Å². The van der Waals surface area contributed by atoms with E-state index in [0.29, 0.717) is 6.54 Å². The van der Waals surface area contributed by atoms with E-state index in [4.69, 9.17) is 9.47 Å². The average Bonchev–Trinajstić information content (AvgIpc) is 3.23. The maximum Gasteiger partial charge on any atom is 0.315 e. The summed E-state index contributed by atoms with van der Waals surface area (Å²) in [4.78, 5) is 28.3. The minimum absolute atomic E-state index is 0.00637. The minimum Gasteiger partial charge on any atom is -0.497 e. The number of fused-ring (bicyclic) bond motifs is 3. The van der Waals surface area contributed by atoms with Gasteiger partial charge in [0, 0.05) is 24.1 Å². The second kappa shape index (κ2) is 10.1. The molecule has 2 saturated carbocycles. The van der Waals surface area contributed by atoms with Gasteiger partial charge in [-0.25, -0.2) is 0 Å². The Morgan fingerprint density at radius 1 is 0.974 bits per heavy atom. The molecule has 3 aromatic rings. The zero-order chi connectivity index (χ0) is 27.1. The van der Waals surface area contributed by atoms with Crippen LogP contribution < -0.4 is 9.64 Å². The maximum absolute atomic E-state index is 13.3. The Balaban J connectivity index is 1.38. The van der Waals surface area contributed by atoms with E-state index in [0.717, 1.165) is 30.7 Å². The van der Waals surface area contributed by atoms with Crippen molar-refractivity contribution in [1.82, 2.24) is 0 Å². The third-order valence-electron chi connectivity index (χ3n) is 9.61. The van der Waals surface area contributed by atoms with Gasteiger partial charge in [0.05, 0.1) is 7.11 Å². The van der Waals surface area contributed by atoms with E-state index in [1.807, 2.05) is 31.2 Å². The van der Waals surface area contributed by atoms with Crippen molar-refractivity contribution in [2.45, 2.75) is 65.4 Å². The van der Waals surface area contributed by atoms with Crippen LogP contribution >= 0.6 is 0 Å². The van der Waals surface area contributed by atoms with Crippen molar-refractivity contribution < 1.29 is 19.1 Å². The Morgan fingerprint density at radius 3 is 2.37 bits per heavy atom. The summed E-state index contributed by atoms with van der Waals surface area (Å²) in [6.07, 6.45) is 2.42. The van der Waals surface area contributed by atoms with Crippen LogP contribution in [-0.4, -0.2) is 31.6 Å². The first-order chi connectivity index (χ1) is 18.2. The normalized spacial score (nSPS) is 25.3. The number of carbonyl (C=O) groups excluding carboxylic acids is 2. The molecule has 4 atom stereocenters. The van der Waals surface area contributed by atoms with Gasteiger partial charge in [-0.3, -0.25) is 9.59 Å². The predicted molar refractivity (Wildman–Crippen MR) is 151 cm³/mol. The van der Waals surface area contributed by atoms with E-state index in [-0.39, 0.29) is 41.1 Å². The second-order valence-electron chi connectivity index (χ2n) is 11.7. The molecule has 0 heterocycles. The van der Waals surface area contributed by atoms with Gasteiger partial charge in [-0.1, -0.05) is 70.2 Å². The Labute approximate surface area is 226 Å². The van der Waals surface area contributed by atoms with Gasteiger partial charge < -0.3 is 14.4 Å². The fraction of sp³-hybridized carbons (Fsp3) is 0.455. The van der Waals surface area contributed by atoms with Crippen LogP contribution in [0.3, 0.4) is 0 Å². The molecule has 3 aromatic carbocycles. The number of hydrogen-bond acceptors (Lipinski definition) is 4. The summed E-state index contributed by atoms with van der Waals surface area (Å²) in [6, 6.07) is 22.4. The number of methoxy groups -OCH3 is 1. The number of benzene rings is 3. The minimum atomic E-state index is -0.438. The zero-order valence-corrected chi connectivity index (χ0v) is 23.2. The number of esters is 1. The molecule has 38 heavy (non-hydrogen) atoms. The Morgan fingerprint density at radius 2 is 1.68 bits per heavy atom. The Bertz CT molecular complexity index is 1330. The van der Waals surface area contributed by atoms with Gasteiger partial charge in [0.2, 0.25) is 5.91 Å². The highest BCUT2D eigenvalue weighted by atomic mass is 16.5. The molecule has 0 saturated heterocycles. The smallest absolute Gasteiger partial charge is 0.315 e. The molecule has 0 aromatic heterocycles. The van der Waals surface area contributed by atoms with E-state index in [9.17, 15) is 9.59 Å². The molecule has 200 valence electrons. The summed E-state index contributed by atoms with van der Waals surface area (Å²) in [5, 5.41) is 2.40. The summed E-state index contributed by atoms with van der Waals surface area (Å²) < 4.78 is 11.5. The van der Waals surface area contributed by atoms with Crippen LogP contribution in [0, 0.1) is 16.7 Å². The average molecular weight is 514 g/mol. The van der Waals surface area contributed by atoms with Crippen LogP contribution in [0.1, 0.15) is 64.9 Å². The van der Waals surface area contributed by atoms with Crippen LogP contribution in [0.25, 0.3) is 10.8 Å². The molecule has 0 unspecified atom stereocenters. The number of amides is 1. The van der Waals surface area contributed by atoms with Crippen molar-refractivity contribution in [1.29, 1.82) is 0 Å². The first kappa shape index (κ1) is 26.3. The first-order valence-electron chi connectivity index (χ1n) is 13.8. The lowest BCUT2D eigenvalue weighted by Gasteiger charge is -2.40. The van der Waals surface area contributed by atoms with Gasteiger partial charge in [0.1, 0.15) is 18.3 Å². The molecule has 0 spiro atoms. The molecule has 0 radical (unpaired) electrons. The molecular formula is C33H39NO4. The summed E-state index contributed by atoms with van der Waals surface area (Å²) in [6.45, 7) is 9.57. The van der Waals surface area contributed by atoms with Crippen molar-refractivity contribution in [3.63, 3.8) is 0 Å². The quantitative estimate of drug-likeness (QED) is 0.237. The van der Waals surface area contributed by atoms with Crippen molar-refractivity contribution in [3.05, 3.63) is 72.3 Å². The molecule has 2 fully saturated rings. The van der Waals surface area contributed by atoms with Crippen molar-refractivity contribution in [2.24, 2.45) is 16.7 Å². The second-order valence-corrected chi connectivity index (χ2v) is 11.7. The van der Waals surface area contributed by atoms with Gasteiger partial charge in [-0.15, -0.1) is 0 Å². The third kappa shape index (κ3) is 4.36. The molecule has 0 aliphatic heterocycles. The molecule has 0 N–H and O–H groups in total. The summed E-state index contributed by atoms with van der Waals surface area (Å²) in [5.41, 5.74) is 2.01. The summed E-state index contributed by atoms with van der Waals surface area (Å²) in [7, 11) is 1.61. The van der Waals surface area contributed by atoms with Crippen LogP contribution in [-0.2, 0) is 14.3 Å². The first-order valence-corrected chi connectivity index (χ1v) is 13.8. The lowest BCUT2D eigenvalue weighted by molar-refractivity contribution is -0.155. The van der Waals surface area contributed by atoms with E-state index in [2.05, 4.69) is 63.2 Å². The number of rotatable bonds is 8. The predicted octanol–water partition coefficient (Wildman–Crippen LogP) is 7.13. The van der Waals surface area contributed by atoms with Crippen LogP contribution in [0.15, 0.2) is 66.7 Å². The van der Waals surface area contributed by atoms with Gasteiger partial charge in [0.25, 0.3) is 0 Å². The third-order valence-corrected chi connectivity index (χ3v) is 9.61. The van der Waals surface area contributed by atoms with Crippen LogP contribution in [0.2, 0.25) is 0 Å². The summed E-state index contributed by atoms with van der Waals surface area (Å²) >= 11 is 0. The number of carbonyl (C=O) groups is 2. The largest absolute Gasteiger partial charge is 0.497 e. The van der Waals surface area contributed by atoms with Crippen LogP contribution in [0.5, 0.6) is 5.75 Å². The molecule has 2 aliphatic rings. The molecule has 2 bridgehead atoms. The molecule has 1 amide bonds. The van der Waals surface area contributed by atoms with E-state index in [1.54, 1.807) is 12.0 Å². The number of nitrogens with zero attached hydrogens (tertiary/aromatic N) is 1. The topological polar surface area (TPSA) is 55.8 Å². The van der Waals surface area contributed by atoms with Crippen molar-refractivity contribution >= 4 is 28.3 Å². The number of anilines is 1. The fourth-order valence-corrected chi connectivity index (χ4v) is 7.19. The highest BCUT2D eigenvalue weighted by molar-refractivity contribution is 6.03. The van der Waals surface area contributed by atoms with Crippen molar-refractivity contribution in [2.75, 3.05) is 18.6 Å². The van der Waals surface area contributed by atoms with E-state index in [1.165, 1.54) is 16.3 Å². The lowest BCUT2D eigenvalue weighted by atomic mass is 9.64. The Kier molecular flexibility index (Phi) is 6.97. The fourth-order valence-electron chi connectivity index (χ4n) is 7.19. The molecule has 2 aliphatic carbocycles. The Hall–Kier alpha value is -3.34.